The van der Waals surface area contributed by atoms with Gasteiger partial charge < -0.3 is 20.0 Å². The van der Waals surface area contributed by atoms with Crippen LogP contribution in [0.1, 0.15) is 36.1 Å². The van der Waals surface area contributed by atoms with Gasteiger partial charge in [-0.1, -0.05) is 12.1 Å². The summed E-state index contributed by atoms with van der Waals surface area (Å²) in [5.41, 5.74) is 6.34. The molecule has 0 aromatic heterocycles. The molecule has 0 aliphatic rings. The van der Waals surface area contributed by atoms with Gasteiger partial charge in [-0.3, -0.25) is 0 Å². The summed E-state index contributed by atoms with van der Waals surface area (Å²) < 4.78 is 0. The third kappa shape index (κ3) is 4.87. The molecule has 0 heterocycles. The van der Waals surface area contributed by atoms with Crippen LogP contribution >= 0.6 is 0 Å². The molecular weight excluding hydrogens is 324 g/mol. The molecule has 0 bridgehead atoms. The maximum atomic E-state index is 10.1. The van der Waals surface area contributed by atoms with Crippen LogP contribution in [0.15, 0.2) is 36.4 Å². The number of phenolic OH excluding ortho intramolecular Hbond substituents is 2. The fourth-order valence-corrected chi connectivity index (χ4v) is 3.01. The molecule has 2 N–H and O–H groups in total. The highest BCUT2D eigenvalue weighted by Crippen LogP contribution is 2.31. The zero-order valence-corrected chi connectivity index (χ0v) is 16.7. The lowest BCUT2D eigenvalue weighted by molar-refractivity contribution is 0.386. The molecule has 0 aliphatic carbocycles. The highest BCUT2D eigenvalue weighted by molar-refractivity contribution is 5.89. The van der Waals surface area contributed by atoms with Crippen LogP contribution < -0.4 is 0 Å². The number of rotatable bonds is 6. The monoisotopic (exact) mass is 354 g/mol. The van der Waals surface area contributed by atoms with Crippen molar-refractivity contribution in [2.24, 2.45) is 0 Å². The third-order valence-corrected chi connectivity index (χ3v) is 4.56. The molecule has 0 spiro atoms. The Balaban J connectivity index is 2.43. The zero-order valence-electron chi connectivity index (χ0n) is 16.7. The van der Waals surface area contributed by atoms with E-state index in [1.54, 1.807) is 12.1 Å². The van der Waals surface area contributed by atoms with Gasteiger partial charge in [-0.15, -0.1) is 0 Å². The molecule has 0 atom stereocenters. The SMILES string of the molecule is CC(=C(C)c1ccc(O)c(CN(C)C)c1)c1ccc(O)c(CN(C)C)c1. The molecule has 0 aliphatic heterocycles. The standard InChI is InChI=1S/C22H30N2O2/c1-15(17-7-9-21(25)19(11-17)13-23(3)4)16(2)18-8-10-22(26)20(12-18)14-24(5)6/h7-12,25-26H,13-14H2,1-6H3. The summed E-state index contributed by atoms with van der Waals surface area (Å²) >= 11 is 0. The summed E-state index contributed by atoms with van der Waals surface area (Å²) in [5, 5.41) is 20.2. The van der Waals surface area contributed by atoms with Gasteiger partial charge in [0.25, 0.3) is 0 Å². The lowest BCUT2D eigenvalue weighted by atomic mass is 9.94. The number of aromatic hydroxyl groups is 2. The Labute approximate surface area is 157 Å². The third-order valence-electron chi connectivity index (χ3n) is 4.56. The van der Waals surface area contributed by atoms with E-state index in [-0.39, 0.29) is 0 Å². The lowest BCUT2D eigenvalue weighted by Crippen LogP contribution is -2.11. The quantitative estimate of drug-likeness (QED) is 0.764. The molecule has 0 amide bonds. The van der Waals surface area contributed by atoms with Gasteiger partial charge in [-0.2, -0.15) is 0 Å². The highest BCUT2D eigenvalue weighted by atomic mass is 16.3. The molecule has 0 radical (unpaired) electrons. The van der Waals surface area contributed by atoms with Crippen LogP contribution in [-0.2, 0) is 13.1 Å². The van der Waals surface area contributed by atoms with Crippen molar-refractivity contribution in [3.8, 4) is 11.5 Å². The minimum Gasteiger partial charge on any atom is -0.508 e. The van der Waals surface area contributed by atoms with Gasteiger partial charge in [0.05, 0.1) is 0 Å². The average Bonchev–Trinajstić information content (AvgIpc) is 2.56. The van der Waals surface area contributed by atoms with E-state index in [2.05, 4.69) is 26.0 Å². The van der Waals surface area contributed by atoms with E-state index >= 15 is 0 Å². The van der Waals surface area contributed by atoms with Crippen molar-refractivity contribution < 1.29 is 10.2 Å². The van der Waals surface area contributed by atoms with Crippen molar-refractivity contribution in [3.05, 3.63) is 58.7 Å². The molecule has 0 fully saturated rings. The Bertz CT molecular complexity index is 740. The summed E-state index contributed by atoms with van der Waals surface area (Å²) in [6.07, 6.45) is 0. The largest absolute Gasteiger partial charge is 0.508 e. The van der Waals surface area contributed by atoms with Crippen LogP contribution in [0.3, 0.4) is 0 Å². The molecule has 2 aromatic carbocycles. The number of phenols is 2. The first-order chi connectivity index (χ1) is 12.2. The number of hydrogen-bond donors (Lipinski definition) is 2. The minimum absolute atomic E-state index is 0.325. The van der Waals surface area contributed by atoms with Gasteiger partial charge in [0, 0.05) is 24.2 Å². The first kappa shape index (κ1) is 20.0. The Kier molecular flexibility index (Phi) is 6.46. The fraction of sp³-hybridized carbons (Fsp3) is 0.364. The van der Waals surface area contributed by atoms with Gasteiger partial charge in [0.1, 0.15) is 11.5 Å². The van der Waals surface area contributed by atoms with Gasteiger partial charge in [-0.05, 0) is 88.6 Å². The summed E-state index contributed by atoms with van der Waals surface area (Å²) in [6, 6.07) is 11.5. The summed E-state index contributed by atoms with van der Waals surface area (Å²) in [5.74, 6) is 0.650. The van der Waals surface area contributed by atoms with Crippen LogP contribution in [0.4, 0.5) is 0 Å². The smallest absolute Gasteiger partial charge is 0.120 e. The number of hydrogen-bond acceptors (Lipinski definition) is 4. The highest BCUT2D eigenvalue weighted by Gasteiger charge is 2.10. The van der Waals surface area contributed by atoms with Crippen molar-refractivity contribution in [1.82, 2.24) is 9.80 Å². The van der Waals surface area contributed by atoms with Crippen LogP contribution in [0.25, 0.3) is 11.1 Å². The lowest BCUT2D eigenvalue weighted by Gasteiger charge is -2.16. The molecule has 2 aromatic rings. The van der Waals surface area contributed by atoms with E-state index in [0.717, 1.165) is 33.4 Å². The predicted molar refractivity (Wildman–Crippen MR) is 109 cm³/mol. The molecule has 26 heavy (non-hydrogen) atoms. The van der Waals surface area contributed by atoms with Crippen molar-refractivity contribution in [2.45, 2.75) is 26.9 Å². The Morgan fingerprint density at radius 3 is 1.35 bits per heavy atom. The Morgan fingerprint density at radius 1 is 0.692 bits per heavy atom. The average molecular weight is 354 g/mol. The number of benzene rings is 2. The van der Waals surface area contributed by atoms with Crippen molar-refractivity contribution in [3.63, 3.8) is 0 Å². The summed E-state index contributed by atoms with van der Waals surface area (Å²) in [7, 11) is 7.96. The maximum Gasteiger partial charge on any atom is 0.120 e. The molecule has 4 nitrogen and oxygen atoms in total. The minimum atomic E-state index is 0.325. The van der Waals surface area contributed by atoms with Crippen molar-refractivity contribution >= 4 is 11.1 Å². The predicted octanol–water partition coefficient (Wildman–Crippen LogP) is 4.17. The van der Waals surface area contributed by atoms with E-state index in [1.807, 2.05) is 50.1 Å². The molecular formula is C22H30N2O2. The van der Waals surface area contributed by atoms with Crippen LogP contribution in [0, 0.1) is 0 Å². The van der Waals surface area contributed by atoms with Gasteiger partial charge >= 0.3 is 0 Å². The van der Waals surface area contributed by atoms with E-state index < -0.39 is 0 Å². The fourth-order valence-electron chi connectivity index (χ4n) is 3.01. The zero-order chi connectivity index (χ0) is 19.4. The Hall–Kier alpha value is -2.30. The second-order valence-electron chi connectivity index (χ2n) is 7.41. The van der Waals surface area contributed by atoms with Gasteiger partial charge in [0.2, 0.25) is 0 Å². The normalized spacial score (nSPS) is 12.6. The topological polar surface area (TPSA) is 46.9 Å². The maximum absolute atomic E-state index is 10.1. The second kappa shape index (κ2) is 8.39. The molecule has 4 heteroatoms. The van der Waals surface area contributed by atoms with Crippen LogP contribution in [0.2, 0.25) is 0 Å². The summed E-state index contributed by atoms with van der Waals surface area (Å²) in [4.78, 5) is 4.08. The molecule has 0 unspecified atom stereocenters. The van der Waals surface area contributed by atoms with E-state index in [4.69, 9.17) is 0 Å². The molecule has 140 valence electrons. The first-order valence-electron chi connectivity index (χ1n) is 8.80. The second-order valence-corrected chi connectivity index (χ2v) is 7.41. The van der Waals surface area contributed by atoms with Crippen LogP contribution in [0.5, 0.6) is 11.5 Å². The summed E-state index contributed by atoms with van der Waals surface area (Å²) in [6.45, 7) is 5.58. The van der Waals surface area contributed by atoms with Gasteiger partial charge in [0.15, 0.2) is 0 Å². The van der Waals surface area contributed by atoms with Crippen molar-refractivity contribution in [1.29, 1.82) is 0 Å². The molecule has 2 rings (SSSR count). The van der Waals surface area contributed by atoms with E-state index in [9.17, 15) is 10.2 Å². The van der Waals surface area contributed by atoms with E-state index in [1.165, 1.54) is 0 Å². The van der Waals surface area contributed by atoms with Crippen LogP contribution in [-0.4, -0.2) is 48.2 Å². The molecule has 0 saturated heterocycles. The molecule has 0 saturated carbocycles. The first-order valence-corrected chi connectivity index (χ1v) is 8.80. The number of allylic oxidation sites excluding steroid dienone is 2. The van der Waals surface area contributed by atoms with Gasteiger partial charge in [-0.25, -0.2) is 0 Å². The van der Waals surface area contributed by atoms with E-state index in [0.29, 0.717) is 24.6 Å². The Morgan fingerprint density at radius 2 is 1.04 bits per heavy atom. The van der Waals surface area contributed by atoms with Crippen molar-refractivity contribution in [2.75, 3.05) is 28.2 Å². The number of nitrogens with zero attached hydrogens (tertiary/aromatic N) is 2.